The molecular weight excluding hydrogens is 284 g/mol. The molecule has 0 aliphatic heterocycles. The average molecular weight is 301 g/mol. The first-order valence-electron chi connectivity index (χ1n) is 5.29. The third kappa shape index (κ3) is 4.02. The van der Waals surface area contributed by atoms with E-state index in [-0.39, 0.29) is 18.6 Å². The number of hydrogen-bond donors (Lipinski definition) is 1. The topological polar surface area (TPSA) is 55.6 Å². The zero-order chi connectivity index (χ0) is 13.0. The largest absolute Gasteiger partial charge is 0.483 e. The van der Waals surface area contributed by atoms with E-state index in [0.29, 0.717) is 5.75 Å². The maximum Gasteiger partial charge on any atom is 0.259 e. The Balaban J connectivity index is 2.82. The predicted molar refractivity (Wildman–Crippen MR) is 70.9 cm³/mol. The third-order valence-corrected chi connectivity index (χ3v) is 2.81. The van der Waals surface area contributed by atoms with Crippen LogP contribution in [0.1, 0.15) is 18.5 Å². The molecule has 1 aromatic carbocycles. The van der Waals surface area contributed by atoms with E-state index in [1.165, 1.54) is 4.90 Å². The van der Waals surface area contributed by atoms with Crippen molar-refractivity contribution in [1.82, 2.24) is 4.90 Å². The van der Waals surface area contributed by atoms with Crippen molar-refractivity contribution in [3.63, 3.8) is 0 Å². The van der Waals surface area contributed by atoms with Crippen LogP contribution < -0.4 is 10.5 Å². The van der Waals surface area contributed by atoms with E-state index in [2.05, 4.69) is 15.9 Å². The summed E-state index contributed by atoms with van der Waals surface area (Å²) in [7, 11) is 3.39. The van der Waals surface area contributed by atoms with Crippen LogP contribution in [0, 0.1) is 0 Å². The normalized spacial score (nSPS) is 12.1. The Hall–Kier alpha value is -1.07. The molecule has 1 rings (SSSR count). The molecule has 0 bridgehead atoms. The molecule has 0 saturated carbocycles. The molecule has 2 N–H and O–H groups in total. The molecule has 0 aliphatic carbocycles. The number of halogens is 1. The van der Waals surface area contributed by atoms with E-state index in [0.717, 1.165) is 10.0 Å². The molecule has 17 heavy (non-hydrogen) atoms. The highest BCUT2D eigenvalue weighted by molar-refractivity contribution is 9.10. The van der Waals surface area contributed by atoms with Gasteiger partial charge in [-0.25, -0.2) is 0 Å². The minimum atomic E-state index is -0.132. The fourth-order valence-corrected chi connectivity index (χ4v) is 1.62. The van der Waals surface area contributed by atoms with Crippen molar-refractivity contribution in [2.24, 2.45) is 5.73 Å². The van der Waals surface area contributed by atoms with Crippen LogP contribution in [0.25, 0.3) is 0 Å². The average Bonchev–Trinajstić information content (AvgIpc) is 2.25. The monoisotopic (exact) mass is 300 g/mol. The van der Waals surface area contributed by atoms with E-state index in [1.807, 2.05) is 25.1 Å². The lowest BCUT2D eigenvalue weighted by molar-refractivity contribution is -0.130. The number of likely N-dealkylation sites (N-methyl/N-ethyl adjacent to an activating group) is 1. The molecule has 0 radical (unpaired) electrons. The summed E-state index contributed by atoms with van der Waals surface area (Å²) >= 11 is 3.37. The Kier molecular flexibility index (Phi) is 4.96. The Bertz CT molecular complexity index is 405. The van der Waals surface area contributed by atoms with Crippen LogP contribution in [-0.4, -0.2) is 31.5 Å². The van der Waals surface area contributed by atoms with Crippen LogP contribution in [0.3, 0.4) is 0 Å². The van der Waals surface area contributed by atoms with Crippen LogP contribution in [0.4, 0.5) is 0 Å². The first-order chi connectivity index (χ1) is 7.91. The lowest BCUT2D eigenvalue weighted by atomic mass is 10.1. The van der Waals surface area contributed by atoms with Gasteiger partial charge in [-0.05, 0) is 19.1 Å². The van der Waals surface area contributed by atoms with Gasteiger partial charge in [-0.1, -0.05) is 22.0 Å². The van der Waals surface area contributed by atoms with E-state index >= 15 is 0 Å². The molecule has 1 aromatic rings. The summed E-state index contributed by atoms with van der Waals surface area (Å²) in [4.78, 5) is 12.9. The molecule has 1 unspecified atom stereocenters. The van der Waals surface area contributed by atoms with Crippen molar-refractivity contribution in [3.8, 4) is 5.75 Å². The van der Waals surface area contributed by atoms with Gasteiger partial charge in [0.15, 0.2) is 6.61 Å². The third-order valence-electron chi connectivity index (χ3n) is 2.32. The number of nitrogens with two attached hydrogens (primary N) is 1. The molecule has 1 atom stereocenters. The second kappa shape index (κ2) is 6.02. The van der Waals surface area contributed by atoms with Crippen molar-refractivity contribution in [2.45, 2.75) is 13.0 Å². The summed E-state index contributed by atoms with van der Waals surface area (Å²) in [5.74, 6) is 0.560. The van der Waals surface area contributed by atoms with E-state index in [9.17, 15) is 4.79 Å². The van der Waals surface area contributed by atoms with Gasteiger partial charge < -0.3 is 15.4 Å². The fraction of sp³-hybridized carbons (Fsp3) is 0.417. The number of carbonyl (C=O) groups excluding carboxylic acids is 1. The molecular formula is C12H17BrN2O2. The van der Waals surface area contributed by atoms with Gasteiger partial charge in [0.05, 0.1) is 0 Å². The van der Waals surface area contributed by atoms with E-state index in [1.54, 1.807) is 14.1 Å². The zero-order valence-corrected chi connectivity index (χ0v) is 11.8. The van der Waals surface area contributed by atoms with Crippen molar-refractivity contribution in [1.29, 1.82) is 0 Å². The van der Waals surface area contributed by atoms with Crippen LogP contribution in [0.5, 0.6) is 5.75 Å². The SMILES string of the molecule is CC(N)c1ccc(Br)cc1OCC(=O)N(C)C. The smallest absolute Gasteiger partial charge is 0.259 e. The second-order valence-electron chi connectivity index (χ2n) is 4.05. The number of ether oxygens (including phenoxy) is 1. The highest BCUT2D eigenvalue weighted by atomic mass is 79.9. The molecule has 0 saturated heterocycles. The number of hydrogen-bond acceptors (Lipinski definition) is 3. The molecule has 94 valence electrons. The number of nitrogens with zero attached hydrogens (tertiary/aromatic N) is 1. The molecule has 0 spiro atoms. The quantitative estimate of drug-likeness (QED) is 0.924. The lowest BCUT2D eigenvalue weighted by Crippen LogP contribution is -2.27. The molecule has 0 fully saturated rings. The first kappa shape index (κ1) is 14.0. The minimum absolute atomic E-state index is 0.0170. The number of amides is 1. The Morgan fingerprint density at radius 2 is 2.18 bits per heavy atom. The van der Waals surface area contributed by atoms with Crippen molar-refractivity contribution in [3.05, 3.63) is 28.2 Å². The minimum Gasteiger partial charge on any atom is -0.483 e. The summed E-state index contributed by atoms with van der Waals surface area (Å²) in [6.07, 6.45) is 0. The van der Waals surface area contributed by atoms with Gasteiger partial charge in [-0.2, -0.15) is 0 Å². The summed E-state index contributed by atoms with van der Waals surface area (Å²) in [5.41, 5.74) is 6.73. The summed E-state index contributed by atoms with van der Waals surface area (Å²) in [6, 6.07) is 5.48. The Morgan fingerprint density at radius 3 is 2.71 bits per heavy atom. The Labute approximate surface area is 110 Å². The van der Waals surface area contributed by atoms with Crippen molar-refractivity contribution >= 4 is 21.8 Å². The zero-order valence-electron chi connectivity index (χ0n) is 10.2. The molecule has 5 heteroatoms. The van der Waals surface area contributed by atoms with Gasteiger partial charge in [0.1, 0.15) is 5.75 Å². The summed E-state index contributed by atoms with van der Waals surface area (Å²) in [6.45, 7) is 1.90. The second-order valence-corrected chi connectivity index (χ2v) is 4.96. The van der Waals surface area contributed by atoms with Gasteiger partial charge >= 0.3 is 0 Å². The van der Waals surface area contributed by atoms with Gasteiger partial charge in [-0.3, -0.25) is 4.79 Å². The van der Waals surface area contributed by atoms with Crippen LogP contribution in [-0.2, 0) is 4.79 Å². The van der Waals surface area contributed by atoms with Crippen molar-refractivity contribution < 1.29 is 9.53 Å². The number of carbonyl (C=O) groups is 1. The maximum atomic E-state index is 11.4. The Morgan fingerprint density at radius 1 is 1.53 bits per heavy atom. The highest BCUT2D eigenvalue weighted by Crippen LogP contribution is 2.27. The van der Waals surface area contributed by atoms with Gasteiger partial charge in [-0.15, -0.1) is 0 Å². The standard InChI is InChI=1S/C12H17BrN2O2/c1-8(14)10-5-4-9(13)6-11(10)17-7-12(16)15(2)3/h4-6,8H,7,14H2,1-3H3. The number of benzene rings is 1. The van der Waals surface area contributed by atoms with Crippen LogP contribution in [0.15, 0.2) is 22.7 Å². The molecule has 0 aromatic heterocycles. The fourth-order valence-electron chi connectivity index (χ4n) is 1.28. The van der Waals surface area contributed by atoms with E-state index < -0.39 is 0 Å². The van der Waals surface area contributed by atoms with Crippen LogP contribution >= 0.6 is 15.9 Å². The van der Waals surface area contributed by atoms with Gasteiger partial charge in [0, 0.05) is 30.2 Å². The van der Waals surface area contributed by atoms with Gasteiger partial charge in [0.25, 0.3) is 5.91 Å². The van der Waals surface area contributed by atoms with Gasteiger partial charge in [0.2, 0.25) is 0 Å². The first-order valence-corrected chi connectivity index (χ1v) is 6.09. The molecule has 1 amide bonds. The predicted octanol–water partition coefficient (Wildman–Crippen LogP) is 1.94. The van der Waals surface area contributed by atoms with Crippen molar-refractivity contribution in [2.75, 3.05) is 20.7 Å². The summed E-state index contributed by atoms with van der Waals surface area (Å²) in [5, 5.41) is 0. The van der Waals surface area contributed by atoms with E-state index in [4.69, 9.17) is 10.5 Å². The highest BCUT2D eigenvalue weighted by Gasteiger charge is 2.11. The summed E-state index contributed by atoms with van der Waals surface area (Å²) < 4.78 is 6.40. The number of rotatable bonds is 4. The molecule has 4 nitrogen and oxygen atoms in total. The maximum absolute atomic E-state index is 11.4. The molecule has 0 heterocycles. The van der Waals surface area contributed by atoms with Crippen LogP contribution in [0.2, 0.25) is 0 Å². The molecule has 0 aliphatic rings. The lowest BCUT2D eigenvalue weighted by Gasteiger charge is -2.16.